The third-order valence-corrected chi connectivity index (χ3v) is 5.31. The molecule has 0 unspecified atom stereocenters. The standard InChI is InChI=1S/C25H16ClN3O2/c26-18-11-12-22-20(14-18)21(25(31)27-22)13-17-15-29(19-9-5-2-6-10-19)28-23(17)24(30)16-7-3-1-4-8-16/h1-15H,(H,27,31)/b21-13-. The fraction of sp³-hybridized carbons (Fsp3) is 0. The summed E-state index contributed by atoms with van der Waals surface area (Å²) in [5.41, 5.74) is 3.98. The minimum Gasteiger partial charge on any atom is -0.321 e. The lowest BCUT2D eigenvalue weighted by molar-refractivity contribution is -0.110. The van der Waals surface area contributed by atoms with Gasteiger partial charge in [-0.15, -0.1) is 0 Å². The monoisotopic (exact) mass is 425 g/mol. The summed E-state index contributed by atoms with van der Waals surface area (Å²) >= 11 is 6.15. The van der Waals surface area contributed by atoms with Crippen LogP contribution in [0, 0.1) is 0 Å². The van der Waals surface area contributed by atoms with E-state index in [0.29, 0.717) is 33.0 Å². The number of fused-ring (bicyclic) bond motifs is 1. The summed E-state index contributed by atoms with van der Waals surface area (Å²) < 4.78 is 1.65. The van der Waals surface area contributed by atoms with Crippen LogP contribution in [-0.2, 0) is 4.79 Å². The second kappa shape index (κ2) is 7.70. The van der Waals surface area contributed by atoms with Crippen molar-refractivity contribution in [2.75, 3.05) is 5.32 Å². The maximum atomic E-state index is 13.2. The molecule has 0 bridgehead atoms. The van der Waals surface area contributed by atoms with Crippen LogP contribution in [0.5, 0.6) is 0 Å². The first kappa shape index (κ1) is 19.0. The minimum atomic E-state index is -0.247. The molecule has 0 aliphatic carbocycles. The van der Waals surface area contributed by atoms with Crippen molar-refractivity contribution >= 4 is 40.6 Å². The number of nitrogens with one attached hydrogen (secondary N) is 1. The van der Waals surface area contributed by atoms with Crippen LogP contribution in [0.1, 0.15) is 27.2 Å². The molecule has 2 heterocycles. The summed E-state index contributed by atoms with van der Waals surface area (Å²) in [5.74, 6) is -0.463. The van der Waals surface area contributed by atoms with Gasteiger partial charge in [-0.2, -0.15) is 5.10 Å². The third-order valence-electron chi connectivity index (χ3n) is 5.08. The molecule has 1 aromatic heterocycles. The Morgan fingerprint density at radius 3 is 2.42 bits per heavy atom. The molecule has 3 aromatic carbocycles. The smallest absolute Gasteiger partial charge is 0.256 e. The molecule has 0 fully saturated rings. The minimum absolute atomic E-state index is 0.216. The second-order valence-electron chi connectivity index (χ2n) is 7.11. The molecule has 5 nitrogen and oxygen atoms in total. The van der Waals surface area contributed by atoms with Crippen molar-refractivity contribution in [3.05, 3.63) is 112 Å². The number of amides is 1. The van der Waals surface area contributed by atoms with Crippen molar-refractivity contribution in [1.82, 2.24) is 9.78 Å². The quantitative estimate of drug-likeness (QED) is 0.359. The van der Waals surface area contributed by atoms with Crippen molar-refractivity contribution < 1.29 is 9.59 Å². The van der Waals surface area contributed by atoms with Gasteiger partial charge in [-0.3, -0.25) is 9.59 Å². The topological polar surface area (TPSA) is 64.0 Å². The molecule has 1 N–H and O–H groups in total. The van der Waals surface area contributed by atoms with E-state index in [4.69, 9.17) is 11.6 Å². The van der Waals surface area contributed by atoms with Crippen LogP contribution in [0.2, 0.25) is 5.02 Å². The lowest BCUT2D eigenvalue weighted by Crippen LogP contribution is -2.06. The van der Waals surface area contributed by atoms with E-state index in [0.717, 1.165) is 5.69 Å². The van der Waals surface area contributed by atoms with E-state index in [-0.39, 0.29) is 17.4 Å². The maximum Gasteiger partial charge on any atom is 0.256 e. The number of para-hydroxylation sites is 1. The van der Waals surface area contributed by atoms with Gasteiger partial charge in [0, 0.05) is 39.2 Å². The fourth-order valence-electron chi connectivity index (χ4n) is 3.57. The Hall–Kier alpha value is -3.96. The number of ketones is 1. The molecule has 0 spiro atoms. The summed E-state index contributed by atoms with van der Waals surface area (Å²) in [4.78, 5) is 25.9. The molecule has 1 amide bonds. The molecule has 5 rings (SSSR count). The summed E-state index contributed by atoms with van der Waals surface area (Å²) in [6, 6.07) is 23.7. The molecule has 4 aromatic rings. The Morgan fingerprint density at radius 1 is 0.968 bits per heavy atom. The number of benzene rings is 3. The molecule has 6 heteroatoms. The highest BCUT2D eigenvalue weighted by atomic mass is 35.5. The number of anilines is 1. The van der Waals surface area contributed by atoms with Gasteiger partial charge < -0.3 is 5.32 Å². The maximum absolute atomic E-state index is 13.2. The molecule has 150 valence electrons. The highest BCUT2D eigenvalue weighted by Gasteiger charge is 2.26. The second-order valence-corrected chi connectivity index (χ2v) is 7.55. The number of rotatable bonds is 4. The van der Waals surface area contributed by atoms with Crippen molar-refractivity contribution in [1.29, 1.82) is 0 Å². The van der Waals surface area contributed by atoms with Gasteiger partial charge in [0.2, 0.25) is 5.78 Å². The van der Waals surface area contributed by atoms with Gasteiger partial charge in [-0.1, -0.05) is 60.1 Å². The molecule has 0 saturated carbocycles. The first-order valence-electron chi connectivity index (χ1n) is 9.68. The van der Waals surface area contributed by atoms with Gasteiger partial charge in [-0.25, -0.2) is 4.68 Å². The van der Waals surface area contributed by atoms with Gasteiger partial charge in [0.25, 0.3) is 5.91 Å². The van der Waals surface area contributed by atoms with Crippen molar-refractivity contribution in [2.24, 2.45) is 0 Å². The average Bonchev–Trinajstić information content (AvgIpc) is 3.36. The van der Waals surface area contributed by atoms with E-state index in [2.05, 4.69) is 10.4 Å². The lowest BCUT2D eigenvalue weighted by atomic mass is 10.0. The van der Waals surface area contributed by atoms with Crippen LogP contribution in [0.25, 0.3) is 17.3 Å². The summed E-state index contributed by atoms with van der Waals surface area (Å²) in [5, 5.41) is 7.93. The Bertz CT molecular complexity index is 1340. The average molecular weight is 426 g/mol. The van der Waals surface area contributed by atoms with Crippen LogP contribution >= 0.6 is 11.6 Å². The number of halogens is 1. The van der Waals surface area contributed by atoms with Gasteiger partial charge >= 0.3 is 0 Å². The third kappa shape index (κ3) is 3.56. The molecular formula is C25H16ClN3O2. The molecule has 1 aliphatic rings. The number of hydrogen-bond acceptors (Lipinski definition) is 3. The number of aromatic nitrogens is 2. The van der Waals surface area contributed by atoms with Crippen molar-refractivity contribution in [3.8, 4) is 5.69 Å². The van der Waals surface area contributed by atoms with E-state index in [1.165, 1.54) is 0 Å². The number of hydrogen-bond donors (Lipinski definition) is 1. The van der Waals surface area contributed by atoms with Gasteiger partial charge in [-0.05, 0) is 36.4 Å². The van der Waals surface area contributed by atoms with E-state index in [1.54, 1.807) is 47.3 Å². The van der Waals surface area contributed by atoms with Crippen LogP contribution in [0.4, 0.5) is 5.69 Å². The van der Waals surface area contributed by atoms with Crippen LogP contribution < -0.4 is 5.32 Å². The number of carbonyl (C=O) groups excluding carboxylic acids is 2. The Labute approximate surface area is 183 Å². The van der Waals surface area contributed by atoms with Crippen LogP contribution in [-0.4, -0.2) is 21.5 Å². The summed E-state index contributed by atoms with van der Waals surface area (Å²) in [6.07, 6.45) is 3.45. The number of nitrogens with zero attached hydrogens (tertiary/aromatic N) is 2. The zero-order chi connectivity index (χ0) is 21.4. The molecule has 0 atom stereocenters. The van der Waals surface area contributed by atoms with Gasteiger partial charge in [0.05, 0.1) is 5.69 Å². The normalized spacial score (nSPS) is 13.8. The van der Waals surface area contributed by atoms with Gasteiger partial charge in [0.15, 0.2) is 0 Å². The Morgan fingerprint density at radius 2 is 1.68 bits per heavy atom. The fourth-order valence-corrected chi connectivity index (χ4v) is 3.74. The molecule has 1 aliphatic heterocycles. The molecule has 0 radical (unpaired) electrons. The van der Waals surface area contributed by atoms with Crippen LogP contribution in [0.3, 0.4) is 0 Å². The van der Waals surface area contributed by atoms with E-state index < -0.39 is 0 Å². The lowest BCUT2D eigenvalue weighted by Gasteiger charge is -2.01. The van der Waals surface area contributed by atoms with E-state index in [1.807, 2.05) is 48.5 Å². The van der Waals surface area contributed by atoms with Crippen LogP contribution in [0.15, 0.2) is 85.1 Å². The number of carbonyl (C=O) groups is 2. The zero-order valence-electron chi connectivity index (χ0n) is 16.2. The zero-order valence-corrected chi connectivity index (χ0v) is 17.0. The van der Waals surface area contributed by atoms with Crippen molar-refractivity contribution in [2.45, 2.75) is 0 Å². The predicted octanol–water partition coefficient (Wildman–Crippen LogP) is 5.25. The van der Waals surface area contributed by atoms with Gasteiger partial charge in [0.1, 0.15) is 5.69 Å². The summed E-state index contributed by atoms with van der Waals surface area (Å²) in [6.45, 7) is 0. The highest BCUT2D eigenvalue weighted by Crippen LogP contribution is 2.35. The first-order chi connectivity index (χ1) is 15.1. The van der Waals surface area contributed by atoms with E-state index >= 15 is 0 Å². The largest absolute Gasteiger partial charge is 0.321 e. The summed E-state index contributed by atoms with van der Waals surface area (Å²) in [7, 11) is 0. The Kier molecular flexibility index (Phi) is 4.73. The molecule has 0 saturated heterocycles. The molecular weight excluding hydrogens is 410 g/mol. The highest BCUT2D eigenvalue weighted by molar-refractivity contribution is 6.37. The predicted molar refractivity (Wildman–Crippen MR) is 121 cm³/mol. The Balaban J connectivity index is 1.67. The van der Waals surface area contributed by atoms with E-state index in [9.17, 15) is 9.59 Å². The molecule has 31 heavy (non-hydrogen) atoms. The SMILES string of the molecule is O=C1Nc2ccc(Cl)cc2/C1=C/c1cn(-c2ccccc2)nc1C(=O)c1ccccc1. The van der Waals surface area contributed by atoms with Crippen molar-refractivity contribution in [3.63, 3.8) is 0 Å². The first-order valence-corrected chi connectivity index (χ1v) is 10.1.